The highest BCUT2D eigenvalue weighted by atomic mass is 32.2. The number of piperidine rings is 1. The summed E-state index contributed by atoms with van der Waals surface area (Å²) in [5.74, 6) is -0.139. The lowest BCUT2D eigenvalue weighted by atomic mass is 9.87. The van der Waals surface area contributed by atoms with Crippen LogP contribution in [0.15, 0.2) is 34.2 Å². The van der Waals surface area contributed by atoms with Crippen LogP contribution in [0.3, 0.4) is 0 Å². The molecule has 1 aromatic heterocycles. The Kier molecular flexibility index (Phi) is 6.06. The van der Waals surface area contributed by atoms with E-state index in [1.807, 2.05) is 6.92 Å². The lowest BCUT2D eigenvalue weighted by Gasteiger charge is -2.34. The summed E-state index contributed by atoms with van der Waals surface area (Å²) in [6.07, 6.45) is 1.78. The minimum Gasteiger partial charge on any atom is -0.388 e. The third kappa shape index (κ3) is 4.40. The zero-order chi connectivity index (χ0) is 20.5. The average molecular weight is 420 g/mol. The number of hydrogen-bond donors (Lipinski definition) is 2. The maximum atomic E-state index is 13.1. The number of thioether (sulfide) groups is 1. The van der Waals surface area contributed by atoms with Gasteiger partial charge in [0, 0.05) is 17.8 Å². The molecule has 2 aromatic rings. The highest BCUT2D eigenvalue weighted by Gasteiger charge is 2.28. The lowest BCUT2D eigenvalue weighted by molar-refractivity contribution is 0.0591. The number of rotatable bonds is 5. The SMILES string of the molecule is Cc1nc2n(c(=O)c1CCN1CCC([C@H](O)c3ccc(F)cc3)CC1)C[C@H](O)S2. The van der Waals surface area contributed by atoms with Gasteiger partial charge in [0.25, 0.3) is 5.56 Å². The Bertz CT molecular complexity index is 926. The zero-order valence-corrected chi connectivity index (χ0v) is 17.2. The zero-order valence-electron chi connectivity index (χ0n) is 16.4. The van der Waals surface area contributed by atoms with Crippen LogP contribution in [-0.4, -0.2) is 49.7 Å². The molecular weight excluding hydrogens is 393 g/mol. The Morgan fingerprint density at radius 3 is 2.66 bits per heavy atom. The fourth-order valence-electron chi connectivity index (χ4n) is 4.22. The largest absolute Gasteiger partial charge is 0.388 e. The molecule has 1 fully saturated rings. The van der Waals surface area contributed by atoms with Crippen molar-refractivity contribution in [3.63, 3.8) is 0 Å². The van der Waals surface area contributed by atoms with Gasteiger partial charge in [-0.1, -0.05) is 23.9 Å². The number of aliphatic hydroxyl groups excluding tert-OH is 2. The first kappa shape index (κ1) is 20.5. The molecule has 2 aliphatic rings. The second-order valence-corrected chi connectivity index (χ2v) is 9.02. The Labute approximate surface area is 173 Å². The van der Waals surface area contributed by atoms with Gasteiger partial charge in [0.1, 0.15) is 11.3 Å². The van der Waals surface area contributed by atoms with Gasteiger partial charge >= 0.3 is 0 Å². The van der Waals surface area contributed by atoms with Crippen LogP contribution in [0.4, 0.5) is 4.39 Å². The van der Waals surface area contributed by atoms with E-state index in [-0.39, 0.29) is 17.3 Å². The normalized spacial score (nSPS) is 21.3. The minimum atomic E-state index is -0.601. The van der Waals surface area contributed by atoms with Crippen molar-refractivity contribution in [3.8, 4) is 0 Å². The lowest BCUT2D eigenvalue weighted by Crippen LogP contribution is -2.38. The number of benzene rings is 1. The highest BCUT2D eigenvalue weighted by Crippen LogP contribution is 2.31. The molecule has 0 aliphatic carbocycles. The van der Waals surface area contributed by atoms with Crippen LogP contribution in [0.25, 0.3) is 0 Å². The molecule has 0 saturated carbocycles. The van der Waals surface area contributed by atoms with Crippen LogP contribution in [0.2, 0.25) is 0 Å². The first-order valence-corrected chi connectivity index (χ1v) is 10.9. The van der Waals surface area contributed by atoms with Crippen molar-refractivity contribution >= 4 is 11.8 Å². The summed E-state index contributed by atoms with van der Waals surface area (Å²) in [6, 6.07) is 6.07. The van der Waals surface area contributed by atoms with Gasteiger partial charge in [-0.2, -0.15) is 0 Å². The molecule has 2 N–H and O–H groups in total. The second kappa shape index (κ2) is 8.55. The maximum Gasteiger partial charge on any atom is 0.257 e. The van der Waals surface area contributed by atoms with E-state index in [1.54, 1.807) is 16.7 Å². The van der Waals surface area contributed by atoms with Crippen LogP contribution in [-0.2, 0) is 13.0 Å². The van der Waals surface area contributed by atoms with Crippen LogP contribution in [0.5, 0.6) is 0 Å². The van der Waals surface area contributed by atoms with Crippen molar-refractivity contribution in [1.29, 1.82) is 0 Å². The number of aryl methyl sites for hydroxylation is 1. The van der Waals surface area contributed by atoms with Gasteiger partial charge in [-0.3, -0.25) is 9.36 Å². The van der Waals surface area contributed by atoms with E-state index in [1.165, 1.54) is 23.9 Å². The van der Waals surface area contributed by atoms with Crippen molar-refractivity contribution in [2.24, 2.45) is 5.92 Å². The number of halogens is 1. The predicted molar refractivity (Wildman–Crippen MR) is 109 cm³/mol. The molecule has 1 aromatic carbocycles. The Balaban J connectivity index is 1.33. The van der Waals surface area contributed by atoms with E-state index < -0.39 is 11.5 Å². The summed E-state index contributed by atoms with van der Waals surface area (Å²) in [7, 11) is 0. The molecule has 156 valence electrons. The van der Waals surface area contributed by atoms with Gasteiger partial charge in [-0.15, -0.1) is 0 Å². The smallest absolute Gasteiger partial charge is 0.257 e. The van der Waals surface area contributed by atoms with Crippen molar-refractivity contribution in [1.82, 2.24) is 14.5 Å². The summed E-state index contributed by atoms with van der Waals surface area (Å²) in [4.78, 5) is 19.5. The molecule has 2 atom stereocenters. The number of aliphatic hydroxyl groups is 2. The van der Waals surface area contributed by atoms with E-state index in [2.05, 4.69) is 9.88 Å². The molecular formula is C21H26FN3O3S. The fraction of sp³-hybridized carbons (Fsp3) is 0.524. The molecule has 29 heavy (non-hydrogen) atoms. The summed E-state index contributed by atoms with van der Waals surface area (Å²) in [5.41, 5.74) is 1.58. The van der Waals surface area contributed by atoms with Crippen LogP contribution in [0, 0.1) is 18.7 Å². The summed E-state index contributed by atoms with van der Waals surface area (Å²) in [6.45, 7) is 4.64. The molecule has 0 spiro atoms. The van der Waals surface area contributed by atoms with Crippen LogP contribution < -0.4 is 5.56 Å². The summed E-state index contributed by atoms with van der Waals surface area (Å²) < 4.78 is 14.7. The highest BCUT2D eigenvalue weighted by molar-refractivity contribution is 7.99. The Morgan fingerprint density at radius 1 is 1.28 bits per heavy atom. The standard InChI is InChI=1S/C21H26FN3O3S/c1-13-17(20(28)25-12-18(26)29-21(25)23-13)8-11-24-9-6-15(7-10-24)19(27)14-2-4-16(22)5-3-14/h2-5,15,18-19,26-27H,6-12H2,1H3/t18-,19-/m1/s1. The molecule has 0 amide bonds. The van der Waals surface area contributed by atoms with Crippen LogP contribution >= 0.6 is 11.8 Å². The molecule has 2 aliphatic heterocycles. The number of nitrogens with zero attached hydrogens (tertiary/aromatic N) is 3. The molecule has 0 unspecified atom stereocenters. The van der Waals surface area contributed by atoms with Crippen molar-refractivity contribution in [3.05, 3.63) is 57.3 Å². The van der Waals surface area contributed by atoms with Gasteiger partial charge in [-0.05, 0) is 62.9 Å². The van der Waals surface area contributed by atoms with Gasteiger partial charge in [0.15, 0.2) is 5.16 Å². The van der Waals surface area contributed by atoms with Crippen molar-refractivity contribution < 1.29 is 14.6 Å². The van der Waals surface area contributed by atoms with Crippen LogP contribution in [0.1, 0.15) is 35.8 Å². The third-order valence-electron chi connectivity index (χ3n) is 5.98. The maximum absolute atomic E-state index is 13.1. The topological polar surface area (TPSA) is 78.6 Å². The quantitative estimate of drug-likeness (QED) is 0.723. The van der Waals surface area contributed by atoms with Gasteiger partial charge in [-0.25, -0.2) is 9.37 Å². The Hall–Kier alpha value is -1.74. The van der Waals surface area contributed by atoms with Gasteiger partial charge in [0.2, 0.25) is 0 Å². The molecule has 1 saturated heterocycles. The summed E-state index contributed by atoms with van der Waals surface area (Å²) in [5, 5.41) is 21.0. The van der Waals surface area contributed by atoms with E-state index in [4.69, 9.17) is 0 Å². The monoisotopic (exact) mass is 419 g/mol. The molecule has 0 bridgehead atoms. The van der Waals surface area contributed by atoms with E-state index in [0.29, 0.717) is 18.1 Å². The Morgan fingerprint density at radius 2 is 1.97 bits per heavy atom. The number of aromatic nitrogens is 2. The van der Waals surface area contributed by atoms with E-state index in [9.17, 15) is 19.4 Å². The van der Waals surface area contributed by atoms with Crippen molar-refractivity contribution in [2.45, 2.75) is 49.4 Å². The molecule has 4 rings (SSSR count). The number of likely N-dealkylation sites (tertiary alicyclic amines) is 1. The molecule has 6 nitrogen and oxygen atoms in total. The van der Waals surface area contributed by atoms with Gasteiger partial charge in [0.05, 0.1) is 12.6 Å². The van der Waals surface area contributed by atoms with Crippen molar-refractivity contribution in [2.75, 3.05) is 19.6 Å². The fourth-order valence-corrected chi connectivity index (χ4v) is 5.17. The van der Waals surface area contributed by atoms with Gasteiger partial charge < -0.3 is 15.1 Å². The molecule has 8 heteroatoms. The van der Waals surface area contributed by atoms with E-state index in [0.717, 1.165) is 49.3 Å². The third-order valence-corrected chi connectivity index (χ3v) is 6.93. The average Bonchev–Trinajstić information content (AvgIpc) is 3.08. The first-order chi connectivity index (χ1) is 13.9. The second-order valence-electron chi connectivity index (χ2n) is 7.87. The van der Waals surface area contributed by atoms with E-state index >= 15 is 0 Å². The minimum absolute atomic E-state index is 0.0434. The number of fused-ring (bicyclic) bond motifs is 1. The molecule has 0 radical (unpaired) electrons. The summed E-state index contributed by atoms with van der Waals surface area (Å²) >= 11 is 1.23. The predicted octanol–water partition coefficient (Wildman–Crippen LogP) is 2.10. The first-order valence-electron chi connectivity index (χ1n) is 10.0. The number of hydrogen-bond acceptors (Lipinski definition) is 6. The molecule has 3 heterocycles.